The maximum Gasteiger partial charge on any atom is 0.140 e. The van der Waals surface area contributed by atoms with E-state index in [9.17, 15) is 4.39 Å². The molecule has 2 aromatic rings. The zero-order valence-electron chi connectivity index (χ0n) is 11.8. The van der Waals surface area contributed by atoms with Crippen molar-refractivity contribution in [1.29, 1.82) is 0 Å². The molecule has 0 spiro atoms. The Bertz CT molecular complexity index is 582. The molecule has 0 unspecified atom stereocenters. The highest BCUT2D eigenvalue weighted by molar-refractivity contribution is 5.48. The Hall–Kier alpha value is -2.14. The highest BCUT2D eigenvalue weighted by Crippen LogP contribution is 2.20. The molecule has 0 saturated carbocycles. The molecule has 1 aromatic carbocycles. The summed E-state index contributed by atoms with van der Waals surface area (Å²) in [5, 5.41) is 3.33. The summed E-state index contributed by atoms with van der Waals surface area (Å²) in [7, 11) is 0. The third-order valence-electron chi connectivity index (χ3n) is 3.50. The van der Waals surface area contributed by atoms with Crippen molar-refractivity contribution in [3.63, 3.8) is 0 Å². The molecule has 1 N–H and O–H groups in total. The van der Waals surface area contributed by atoms with Gasteiger partial charge in [-0.3, -0.25) is 4.98 Å². The summed E-state index contributed by atoms with van der Waals surface area (Å²) in [5.74, 6) is 0.497. The third-order valence-corrected chi connectivity index (χ3v) is 3.50. The molecular weight excluding hydrogens is 269 g/mol. The van der Waals surface area contributed by atoms with E-state index in [1.165, 1.54) is 12.1 Å². The van der Waals surface area contributed by atoms with Crippen LogP contribution < -0.4 is 15.0 Å². The van der Waals surface area contributed by atoms with Crippen LogP contribution in [0.4, 0.5) is 10.1 Å². The van der Waals surface area contributed by atoms with Crippen LogP contribution in [0, 0.1) is 5.82 Å². The average molecular weight is 287 g/mol. The van der Waals surface area contributed by atoms with Crippen LogP contribution in [0.1, 0.15) is 5.56 Å². The van der Waals surface area contributed by atoms with E-state index in [0.29, 0.717) is 6.61 Å². The number of benzene rings is 1. The topological polar surface area (TPSA) is 37.4 Å². The van der Waals surface area contributed by atoms with E-state index in [4.69, 9.17) is 4.74 Å². The molecule has 0 aliphatic carbocycles. The molecule has 21 heavy (non-hydrogen) atoms. The summed E-state index contributed by atoms with van der Waals surface area (Å²) < 4.78 is 18.6. The van der Waals surface area contributed by atoms with Crippen LogP contribution in [0.3, 0.4) is 0 Å². The first-order valence-corrected chi connectivity index (χ1v) is 7.09. The lowest BCUT2D eigenvalue weighted by Crippen LogP contribution is -2.43. The number of halogens is 1. The maximum absolute atomic E-state index is 12.8. The molecular formula is C16H18FN3O. The summed E-state index contributed by atoms with van der Waals surface area (Å²) in [4.78, 5) is 6.53. The van der Waals surface area contributed by atoms with Gasteiger partial charge in [0.1, 0.15) is 18.2 Å². The van der Waals surface area contributed by atoms with E-state index in [2.05, 4.69) is 15.2 Å². The number of nitrogens with one attached hydrogen (secondary N) is 1. The molecule has 1 fully saturated rings. The zero-order valence-corrected chi connectivity index (χ0v) is 11.8. The molecule has 0 radical (unpaired) electrons. The van der Waals surface area contributed by atoms with Crippen LogP contribution in [0.2, 0.25) is 0 Å². The van der Waals surface area contributed by atoms with Crippen molar-refractivity contribution >= 4 is 5.69 Å². The van der Waals surface area contributed by atoms with Gasteiger partial charge in [-0.25, -0.2) is 4.39 Å². The normalized spacial score (nSPS) is 15.0. The molecule has 1 aliphatic heterocycles. The second-order valence-corrected chi connectivity index (χ2v) is 5.03. The van der Waals surface area contributed by atoms with Gasteiger partial charge < -0.3 is 15.0 Å². The Kier molecular flexibility index (Phi) is 4.31. The number of hydrogen-bond donors (Lipinski definition) is 1. The molecule has 0 atom stereocenters. The fourth-order valence-electron chi connectivity index (χ4n) is 2.33. The molecule has 0 bridgehead atoms. The minimum absolute atomic E-state index is 0.235. The SMILES string of the molecule is Fc1ccc(COc2cncc(N3CCNCC3)c2)cc1. The Morgan fingerprint density at radius 2 is 1.90 bits per heavy atom. The molecule has 3 rings (SSSR count). The van der Waals surface area contributed by atoms with Crippen LogP contribution in [-0.4, -0.2) is 31.2 Å². The van der Waals surface area contributed by atoms with Gasteiger partial charge in [-0.2, -0.15) is 0 Å². The van der Waals surface area contributed by atoms with E-state index < -0.39 is 0 Å². The molecule has 110 valence electrons. The van der Waals surface area contributed by atoms with E-state index >= 15 is 0 Å². The van der Waals surface area contributed by atoms with Gasteiger partial charge in [0.15, 0.2) is 0 Å². The first-order chi connectivity index (χ1) is 10.3. The van der Waals surface area contributed by atoms with Crippen molar-refractivity contribution in [2.24, 2.45) is 0 Å². The van der Waals surface area contributed by atoms with Gasteiger partial charge in [-0.15, -0.1) is 0 Å². The predicted molar refractivity (Wildman–Crippen MR) is 80.1 cm³/mol. The van der Waals surface area contributed by atoms with Crippen molar-refractivity contribution in [3.05, 3.63) is 54.1 Å². The van der Waals surface area contributed by atoms with Crippen LogP contribution in [-0.2, 0) is 6.61 Å². The summed E-state index contributed by atoms with van der Waals surface area (Å²) in [6, 6.07) is 8.33. The molecule has 2 heterocycles. The number of piperazine rings is 1. The molecule has 1 aliphatic rings. The Labute approximate surface area is 123 Å². The standard InChI is InChI=1S/C16H18FN3O/c17-14-3-1-13(2-4-14)12-21-16-9-15(10-19-11-16)20-7-5-18-6-8-20/h1-4,9-11,18H,5-8,12H2. The lowest BCUT2D eigenvalue weighted by atomic mass is 10.2. The second-order valence-electron chi connectivity index (χ2n) is 5.03. The maximum atomic E-state index is 12.8. The van der Waals surface area contributed by atoms with Gasteiger partial charge >= 0.3 is 0 Å². The predicted octanol–water partition coefficient (Wildman–Crippen LogP) is 2.21. The molecule has 1 aromatic heterocycles. The fraction of sp³-hybridized carbons (Fsp3) is 0.312. The number of hydrogen-bond acceptors (Lipinski definition) is 4. The van der Waals surface area contributed by atoms with Gasteiger partial charge in [0, 0.05) is 32.2 Å². The van der Waals surface area contributed by atoms with Crippen LogP contribution in [0.15, 0.2) is 42.7 Å². The smallest absolute Gasteiger partial charge is 0.140 e. The molecule has 4 nitrogen and oxygen atoms in total. The number of rotatable bonds is 4. The summed E-state index contributed by atoms with van der Waals surface area (Å²) in [6.07, 6.45) is 3.56. The largest absolute Gasteiger partial charge is 0.487 e. The minimum atomic E-state index is -0.235. The zero-order chi connectivity index (χ0) is 14.5. The first kappa shape index (κ1) is 13.8. The highest BCUT2D eigenvalue weighted by atomic mass is 19.1. The molecule has 5 heteroatoms. The lowest BCUT2D eigenvalue weighted by molar-refractivity contribution is 0.305. The number of anilines is 1. The highest BCUT2D eigenvalue weighted by Gasteiger charge is 2.11. The second kappa shape index (κ2) is 6.54. The average Bonchev–Trinajstić information content (AvgIpc) is 2.55. The monoisotopic (exact) mass is 287 g/mol. The van der Waals surface area contributed by atoms with Crippen LogP contribution in [0.25, 0.3) is 0 Å². The van der Waals surface area contributed by atoms with E-state index in [1.807, 2.05) is 12.3 Å². The van der Waals surface area contributed by atoms with Crippen molar-refractivity contribution in [2.75, 3.05) is 31.1 Å². The van der Waals surface area contributed by atoms with Gasteiger partial charge in [0.2, 0.25) is 0 Å². The first-order valence-electron chi connectivity index (χ1n) is 7.09. The van der Waals surface area contributed by atoms with E-state index in [-0.39, 0.29) is 5.82 Å². The quantitative estimate of drug-likeness (QED) is 0.935. The summed E-state index contributed by atoms with van der Waals surface area (Å²) in [5.41, 5.74) is 2.01. The third kappa shape index (κ3) is 3.70. The van der Waals surface area contributed by atoms with Crippen molar-refractivity contribution in [1.82, 2.24) is 10.3 Å². The van der Waals surface area contributed by atoms with E-state index in [0.717, 1.165) is 43.2 Å². The summed E-state index contributed by atoms with van der Waals surface area (Å²) >= 11 is 0. The Balaban J connectivity index is 1.64. The van der Waals surface area contributed by atoms with Crippen molar-refractivity contribution in [3.8, 4) is 5.75 Å². The van der Waals surface area contributed by atoms with Crippen molar-refractivity contribution < 1.29 is 9.13 Å². The minimum Gasteiger partial charge on any atom is -0.487 e. The lowest BCUT2D eigenvalue weighted by Gasteiger charge is -2.29. The van der Waals surface area contributed by atoms with Crippen LogP contribution in [0.5, 0.6) is 5.75 Å². The van der Waals surface area contributed by atoms with Gasteiger partial charge in [-0.1, -0.05) is 12.1 Å². The fourth-order valence-corrected chi connectivity index (χ4v) is 2.33. The van der Waals surface area contributed by atoms with Gasteiger partial charge in [-0.05, 0) is 17.7 Å². The number of ether oxygens (including phenoxy) is 1. The van der Waals surface area contributed by atoms with Gasteiger partial charge in [0.05, 0.1) is 18.1 Å². The van der Waals surface area contributed by atoms with Crippen molar-refractivity contribution in [2.45, 2.75) is 6.61 Å². The van der Waals surface area contributed by atoms with Crippen LogP contribution >= 0.6 is 0 Å². The number of aromatic nitrogens is 1. The Morgan fingerprint density at radius 3 is 2.67 bits per heavy atom. The number of pyridine rings is 1. The summed E-state index contributed by atoms with van der Waals surface area (Å²) in [6.45, 7) is 4.33. The van der Waals surface area contributed by atoms with E-state index in [1.54, 1.807) is 18.3 Å². The number of nitrogens with zero attached hydrogens (tertiary/aromatic N) is 2. The molecule has 1 saturated heterocycles. The Morgan fingerprint density at radius 1 is 1.14 bits per heavy atom. The molecule has 0 amide bonds. The van der Waals surface area contributed by atoms with Gasteiger partial charge in [0.25, 0.3) is 0 Å².